The van der Waals surface area contributed by atoms with Crippen LogP contribution in [0.15, 0.2) is 42.2 Å². The van der Waals surface area contributed by atoms with Crippen molar-refractivity contribution in [3.63, 3.8) is 0 Å². The highest BCUT2D eigenvalue weighted by atomic mass is 79.9. The molecular weight excluding hydrogens is 310 g/mol. The number of oxazole rings is 1. The first kappa shape index (κ1) is 10.2. The number of halogens is 1. The molecule has 0 radical (unpaired) electrons. The molecule has 0 aliphatic heterocycles. The van der Waals surface area contributed by atoms with E-state index < -0.39 is 0 Å². The SMILES string of the molecule is Brc1nnc(Sc2nc3ccccc3o2)s1. The van der Waals surface area contributed by atoms with Crippen molar-refractivity contribution < 1.29 is 4.42 Å². The monoisotopic (exact) mass is 313 g/mol. The lowest BCUT2D eigenvalue weighted by molar-refractivity contribution is 0.489. The summed E-state index contributed by atoms with van der Waals surface area (Å²) in [6.45, 7) is 0. The van der Waals surface area contributed by atoms with Crippen LogP contribution in [0.3, 0.4) is 0 Å². The van der Waals surface area contributed by atoms with Gasteiger partial charge in [0.2, 0.25) is 0 Å². The summed E-state index contributed by atoms with van der Waals surface area (Å²) in [5, 5.41) is 8.42. The number of hydrogen-bond donors (Lipinski definition) is 0. The Labute approximate surface area is 107 Å². The van der Waals surface area contributed by atoms with Gasteiger partial charge in [0.05, 0.1) is 0 Å². The van der Waals surface area contributed by atoms with Crippen LogP contribution >= 0.6 is 39.0 Å². The molecule has 3 aromatic rings. The Morgan fingerprint density at radius 3 is 2.88 bits per heavy atom. The van der Waals surface area contributed by atoms with E-state index in [9.17, 15) is 0 Å². The van der Waals surface area contributed by atoms with Crippen LogP contribution in [-0.4, -0.2) is 15.2 Å². The Morgan fingerprint density at radius 1 is 1.25 bits per heavy atom. The van der Waals surface area contributed by atoms with Gasteiger partial charge in [-0.05, 0) is 28.1 Å². The van der Waals surface area contributed by atoms with Gasteiger partial charge in [-0.1, -0.05) is 23.5 Å². The second-order valence-corrected chi connectivity index (χ2v) is 6.32. The molecule has 2 heterocycles. The third-order valence-corrected chi connectivity index (χ3v) is 4.09. The molecule has 0 amide bonds. The predicted molar refractivity (Wildman–Crippen MR) is 65.7 cm³/mol. The first-order valence-corrected chi connectivity index (χ1v) is 6.76. The Hall–Kier alpha value is -0.920. The van der Waals surface area contributed by atoms with E-state index in [1.165, 1.54) is 23.1 Å². The van der Waals surface area contributed by atoms with Gasteiger partial charge in [0, 0.05) is 11.8 Å². The van der Waals surface area contributed by atoms with Crippen molar-refractivity contribution in [2.24, 2.45) is 0 Å². The molecule has 0 unspecified atom stereocenters. The standard InChI is InChI=1S/C9H4BrN3OS2/c10-7-12-13-9(15-7)16-8-11-5-3-1-2-4-6(5)14-8/h1-4H. The first-order valence-electron chi connectivity index (χ1n) is 4.34. The van der Waals surface area contributed by atoms with Crippen molar-refractivity contribution in [1.29, 1.82) is 0 Å². The van der Waals surface area contributed by atoms with Crippen LogP contribution < -0.4 is 0 Å². The summed E-state index contributed by atoms with van der Waals surface area (Å²) >= 11 is 6.08. The number of hydrogen-bond acceptors (Lipinski definition) is 6. The van der Waals surface area contributed by atoms with Gasteiger partial charge in [-0.15, -0.1) is 10.2 Å². The summed E-state index contributed by atoms with van der Waals surface area (Å²) < 4.78 is 7.12. The van der Waals surface area contributed by atoms with Crippen LogP contribution in [-0.2, 0) is 0 Å². The zero-order chi connectivity index (χ0) is 11.0. The van der Waals surface area contributed by atoms with Crippen molar-refractivity contribution in [3.8, 4) is 0 Å². The van der Waals surface area contributed by atoms with E-state index in [1.54, 1.807) is 0 Å². The minimum atomic E-state index is 0.588. The van der Waals surface area contributed by atoms with E-state index in [1.807, 2.05) is 24.3 Å². The summed E-state index contributed by atoms with van der Waals surface area (Å²) in [7, 11) is 0. The lowest BCUT2D eigenvalue weighted by atomic mass is 10.3. The van der Waals surface area contributed by atoms with Crippen LogP contribution in [0.4, 0.5) is 0 Å². The predicted octanol–water partition coefficient (Wildman–Crippen LogP) is 3.59. The molecule has 0 saturated heterocycles. The largest absolute Gasteiger partial charge is 0.431 e. The average Bonchev–Trinajstić information content (AvgIpc) is 2.84. The number of nitrogens with zero attached hydrogens (tertiary/aromatic N) is 3. The van der Waals surface area contributed by atoms with Crippen molar-refractivity contribution in [1.82, 2.24) is 15.2 Å². The lowest BCUT2D eigenvalue weighted by Gasteiger charge is -1.85. The molecule has 0 spiro atoms. The van der Waals surface area contributed by atoms with Gasteiger partial charge >= 0.3 is 0 Å². The van der Waals surface area contributed by atoms with Crippen LogP contribution in [0.2, 0.25) is 0 Å². The van der Waals surface area contributed by atoms with Crippen molar-refractivity contribution in [3.05, 3.63) is 28.2 Å². The van der Waals surface area contributed by atoms with E-state index in [0.717, 1.165) is 19.4 Å². The zero-order valence-electron chi connectivity index (χ0n) is 7.75. The van der Waals surface area contributed by atoms with Gasteiger partial charge in [0.1, 0.15) is 5.52 Å². The van der Waals surface area contributed by atoms with Crippen LogP contribution in [0, 0.1) is 0 Å². The van der Waals surface area contributed by atoms with E-state index in [2.05, 4.69) is 31.1 Å². The highest BCUT2D eigenvalue weighted by Gasteiger charge is 2.10. The fraction of sp³-hybridized carbons (Fsp3) is 0. The third-order valence-electron chi connectivity index (χ3n) is 1.83. The summed E-state index contributed by atoms with van der Waals surface area (Å²) in [6, 6.07) is 7.66. The van der Waals surface area contributed by atoms with Gasteiger partial charge in [0.15, 0.2) is 13.8 Å². The maximum atomic E-state index is 5.56. The minimum absolute atomic E-state index is 0.588. The first-order chi connectivity index (χ1) is 7.81. The van der Waals surface area contributed by atoms with E-state index in [-0.39, 0.29) is 0 Å². The fourth-order valence-corrected chi connectivity index (χ4v) is 3.50. The van der Waals surface area contributed by atoms with E-state index in [0.29, 0.717) is 5.22 Å². The number of para-hydroxylation sites is 2. The number of fused-ring (bicyclic) bond motifs is 1. The Morgan fingerprint density at radius 2 is 2.12 bits per heavy atom. The summed E-state index contributed by atoms with van der Waals surface area (Å²) in [5.74, 6) is 0. The fourth-order valence-electron chi connectivity index (χ4n) is 1.20. The third kappa shape index (κ3) is 1.98. The topological polar surface area (TPSA) is 51.8 Å². The summed E-state index contributed by atoms with van der Waals surface area (Å²) in [4.78, 5) is 4.34. The molecular formula is C9H4BrN3OS2. The second-order valence-electron chi connectivity index (χ2n) is 2.87. The zero-order valence-corrected chi connectivity index (χ0v) is 11.0. The highest BCUT2D eigenvalue weighted by molar-refractivity contribution is 9.11. The Balaban J connectivity index is 1.95. The van der Waals surface area contributed by atoms with Crippen molar-refractivity contribution >= 4 is 50.1 Å². The molecule has 80 valence electrons. The molecule has 3 rings (SSSR count). The molecule has 1 aromatic carbocycles. The normalized spacial score (nSPS) is 11.1. The summed E-state index contributed by atoms with van der Waals surface area (Å²) in [6.07, 6.45) is 0. The molecule has 0 fully saturated rings. The van der Waals surface area contributed by atoms with Gasteiger partial charge in [0.25, 0.3) is 5.22 Å². The number of aromatic nitrogens is 3. The molecule has 16 heavy (non-hydrogen) atoms. The molecule has 0 N–H and O–H groups in total. The summed E-state index contributed by atoms with van der Waals surface area (Å²) in [5.41, 5.74) is 1.64. The smallest absolute Gasteiger partial charge is 0.264 e. The number of benzene rings is 1. The van der Waals surface area contributed by atoms with Crippen molar-refractivity contribution in [2.75, 3.05) is 0 Å². The second kappa shape index (κ2) is 4.15. The molecule has 0 aliphatic carbocycles. The maximum absolute atomic E-state index is 5.56. The average molecular weight is 314 g/mol. The van der Waals surface area contributed by atoms with Crippen LogP contribution in [0.5, 0.6) is 0 Å². The Kier molecular flexibility index (Phi) is 2.66. The molecule has 0 aliphatic rings. The van der Waals surface area contributed by atoms with E-state index in [4.69, 9.17) is 4.42 Å². The molecule has 0 atom stereocenters. The maximum Gasteiger partial charge on any atom is 0.264 e. The van der Waals surface area contributed by atoms with Gasteiger partial charge < -0.3 is 4.42 Å². The minimum Gasteiger partial charge on any atom is -0.431 e. The van der Waals surface area contributed by atoms with Crippen molar-refractivity contribution in [2.45, 2.75) is 9.56 Å². The Bertz CT molecular complexity index is 603. The molecule has 0 bridgehead atoms. The van der Waals surface area contributed by atoms with Crippen LogP contribution in [0.1, 0.15) is 0 Å². The quantitative estimate of drug-likeness (QED) is 0.723. The van der Waals surface area contributed by atoms with E-state index >= 15 is 0 Å². The molecule has 7 heteroatoms. The lowest BCUT2D eigenvalue weighted by Crippen LogP contribution is -1.71. The molecule has 0 saturated carbocycles. The van der Waals surface area contributed by atoms with Gasteiger partial charge in [-0.2, -0.15) is 0 Å². The van der Waals surface area contributed by atoms with Gasteiger partial charge in [-0.3, -0.25) is 0 Å². The number of rotatable bonds is 2. The highest BCUT2D eigenvalue weighted by Crippen LogP contribution is 2.32. The molecule has 2 aromatic heterocycles. The van der Waals surface area contributed by atoms with Crippen LogP contribution in [0.25, 0.3) is 11.1 Å². The van der Waals surface area contributed by atoms with Gasteiger partial charge in [-0.25, -0.2) is 4.98 Å². The molecule has 4 nitrogen and oxygen atoms in total.